The van der Waals surface area contributed by atoms with Crippen LogP contribution in [0.4, 0.5) is 0 Å². The zero-order valence-electron chi connectivity index (χ0n) is 17.4. The first-order valence-electron chi connectivity index (χ1n) is 10.4. The zero-order valence-corrected chi connectivity index (χ0v) is 17.4. The highest BCUT2D eigenvalue weighted by atomic mass is 16.5. The van der Waals surface area contributed by atoms with Gasteiger partial charge in [-0.15, -0.1) is 0 Å². The van der Waals surface area contributed by atoms with Crippen LogP contribution < -0.4 is 5.32 Å². The van der Waals surface area contributed by atoms with Crippen molar-refractivity contribution in [2.24, 2.45) is 10.9 Å². The summed E-state index contributed by atoms with van der Waals surface area (Å²) in [6.07, 6.45) is 10.5. The largest absolute Gasteiger partial charge is 0.376 e. The quantitative estimate of drug-likeness (QED) is 0.607. The minimum absolute atomic E-state index is 0.00440. The van der Waals surface area contributed by atoms with Gasteiger partial charge in [-0.25, -0.2) is 9.98 Å². The molecule has 1 amide bonds. The minimum atomic E-state index is 0.00440. The molecular weight excluding hydrogens is 356 g/mol. The van der Waals surface area contributed by atoms with E-state index in [1.807, 2.05) is 18.7 Å². The van der Waals surface area contributed by atoms with E-state index in [0.29, 0.717) is 12.0 Å². The number of hydrogen-bond donors (Lipinski definition) is 1. The van der Waals surface area contributed by atoms with Gasteiger partial charge < -0.3 is 24.4 Å². The molecule has 2 fully saturated rings. The molecule has 0 aliphatic carbocycles. The van der Waals surface area contributed by atoms with E-state index in [9.17, 15) is 4.79 Å². The number of likely N-dealkylation sites (N-methyl/N-ethyl adjacent to an activating group) is 1. The Morgan fingerprint density at radius 3 is 2.89 bits per heavy atom. The average molecular weight is 391 g/mol. The highest BCUT2D eigenvalue weighted by molar-refractivity contribution is 5.85. The van der Waals surface area contributed by atoms with Gasteiger partial charge in [-0.05, 0) is 31.6 Å². The number of imidazole rings is 1. The third-order valence-electron chi connectivity index (χ3n) is 5.75. The van der Waals surface area contributed by atoms with Crippen LogP contribution in [0.25, 0.3) is 0 Å². The first-order valence-corrected chi connectivity index (χ1v) is 10.4. The molecule has 0 radical (unpaired) electrons. The van der Waals surface area contributed by atoms with Gasteiger partial charge in [-0.2, -0.15) is 0 Å². The van der Waals surface area contributed by atoms with Gasteiger partial charge in [0, 0.05) is 52.7 Å². The number of guanidine groups is 1. The molecular formula is C20H34N6O2. The van der Waals surface area contributed by atoms with Crippen molar-refractivity contribution in [1.29, 1.82) is 0 Å². The Morgan fingerprint density at radius 1 is 1.36 bits per heavy atom. The van der Waals surface area contributed by atoms with Gasteiger partial charge in [0.1, 0.15) is 6.54 Å². The van der Waals surface area contributed by atoms with Crippen molar-refractivity contribution in [3.05, 3.63) is 18.7 Å². The number of amides is 1. The van der Waals surface area contributed by atoms with Gasteiger partial charge in [-0.3, -0.25) is 4.79 Å². The van der Waals surface area contributed by atoms with E-state index in [0.717, 1.165) is 51.5 Å². The van der Waals surface area contributed by atoms with E-state index >= 15 is 0 Å². The van der Waals surface area contributed by atoms with Gasteiger partial charge in [-0.1, -0.05) is 6.92 Å². The molecule has 28 heavy (non-hydrogen) atoms. The van der Waals surface area contributed by atoms with Crippen molar-refractivity contribution < 1.29 is 9.53 Å². The van der Waals surface area contributed by atoms with Crippen molar-refractivity contribution >= 4 is 11.9 Å². The first kappa shape index (κ1) is 20.6. The fourth-order valence-corrected chi connectivity index (χ4v) is 3.82. The Hall–Kier alpha value is -2.09. The van der Waals surface area contributed by atoms with Crippen LogP contribution in [0.15, 0.2) is 23.7 Å². The lowest BCUT2D eigenvalue weighted by Crippen LogP contribution is -2.51. The number of hydrogen-bond acceptors (Lipinski definition) is 4. The highest BCUT2D eigenvalue weighted by Gasteiger charge is 2.29. The molecule has 3 atom stereocenters. The minimum Gasteiger partial charge on any atom is -0.376 e. The zero-order chi connectivity index (χ0) is 19.9. The molecule has 2 saturated heterocycles. The standard InChI is InChI=1S/C20H34N6O2/c1-16-7-9-25(14-18(16)26-10-8-21-15-26)20(23-13-19(27)24(2)3)22-12-17-6-4-5-11-28-17/h8,10,15-18H,4-7,9,11-14H2,1-3H3,(H,22,23). The van der Waals surface area contributed by atoms with E-state index in [1.54, 1.807) is 19.0 Å². The van der Waals surface area contributed by atoms with Crippen molar-refractivity contribution in [3.63, 3.8) is 0 Å². The van der Waals surface area contributed by atoms with Crippen molar-refractivity contribution in [3.8, 4) is 0 Å². The van der Waals surface area contributed by atoms with Crippen LogP contribution in [-0.4, -0.2) is 84.2 Å². The van der Waals surface area contributed by atoms with Crippen molar-refractivity contribution in [2.75, 3.05) is 46.9 Å². The highest BCUT2D eigenvalue weighted by Crippen LogP contribution is 2.27. The molecule has 0 aromatic carbocycles. The Morgan fingerprint density at radius 2 is 2.21 bits per heavy atom. The normalized spacial score (nSPS) is 26.2. The number of aliphatic imine (C=N–C) groups is 1. The van der Waals surface area contributed by atoms with E-state index in [1.165, 1.54) is 6.42 Å². The summed E-state index contributed by atoms with van der Waals surface area (Å²) in [6, 6.07) is 0.346. The molecule has 3 unspecified atom stereocenters. The lowest BCUT2D eigenvalue weighted by Gasteiger charge is -2.39. The van der Waals surface area contributed by atoms with Crippen molar-refractivity contribution in [1.82, 2.24) is 24.7 Å². The van der Waals surface area contributed by atoms with Crippen LogP contribution in [0.2, 0.25) is 0 Å². The van der Waals surface area contributed by atoms with Gasteiger partial charge >= 0.3 is 0 Å². The molecule has 1 aromatic rings. The summed E-state index contributed by atoms with van der Waals surface area (Å²) in [6.45, 7) is 5.80. The second-order valence-corrected chi connectivity index (χ2v) is 8.09. The van der Waals surface area contributed by atoms with Crippen LogP contribution in [0.1, 0.15) is 38.6 Å². The van der Waals surface area contributed by atoms with Crippen LogP contribution in [0, 0.1) is 5.92 Å². The molecule has 3 rings (SSSR count). The fraction of sp³-hybridized carbons (Fsp3) is 0.750. The number of rotatable bonds is 5. The molecule has 1 aromatic heterocycles. The second kappa shape index (κ2) is 9.91. The number of carbonyl (C=O) groups excluding carboxylic acids is 1. The third kappa shape index (κ3) is 5.47. The van der Waals surface area contributed by atoms with Crippen LogP contribution >= 0.6 is 0 Å². The smallest absolute Gasteiger partial charge is 0.243 e. The van der Waals surface area contributed by atoms with Gasteiger partial charge in [0.2, 0.25) is 5.91 Å². The topological polar surface area (TPSA) is 75.0 Å². The van der Waals surface area contributed by atoms with Crippen LogP contribution in [-0.2, 0) is 9.53 Å². The number of nitrogens with zero attached hydrogens (tertiary/aromatic N) is 5. The van der Waals surface area contributed by atoms with Gasteiger partial charge in [0.05, 0.1) is 18.5 Å². The summed E-state index contributed by atoms with van der Waals surface area (Å²) >= 11 is 0. The number of piperidine rings is 1. The summed E-state index contributed by atoms with van der Waals surface area (Å²) < 4.78 is 8.04. The Kier molecular flexibility index (Phi) is 7.30. The molecule has 156 valence electrons. The SMILES string of the molecule is CC1CCN(C(=NCC(=O)N(C)C)NCC2CCCCO2)CC1n1ccnc1. The number of ether oxygens (including phenoxy) is 1. The molecule has 0 saturated carbocycles. The lowest BCUT2D eigenvalue weighted by molar-refractivity contribution is -0.127. The summed E-state index contributed by atoms with van der Waals surface area (Å²) in [5, 5.41) is 3.49. The molecule has 1 N–H and O–H groups in total. The summed E-state index contributed by atoms with van der Waals surface area (Å²) in [4.78, 5) is 24.8. The maximum Gasteiger partial charge on any atom is 0.243 e. The van der Waals surface area contributed by atoms with Crippen molar-refractivity contribution in [2.45, 2.75) is 44.8 Å². The summed E-state index contributed by atoms with van der Waals surface area (Å²) in [7, 11) is 3.52. The molecule has 0 spiro atoms. The number of aromatic nitrogens is 2. The Balaban J connectivity index is 1.69. The number of nitrogens with one attached hydrogen (secondary N) is 1. The molecule has 8 nitrogen and oxygen atoms in total. The Bertz CT molecular complexity index is 639. The maximum absolute atomic E-state index is 12.1. The van der Waals surface area contributed by atoms with E-state index in [-0.39, 0.29) is 18.6 Å². The molecule has 2 aliphatic rings. The molecule has 2 aliphatic heterocycles. The first-order chi connectivity index (χ1) is 13.5. The average Bonchev–Trinajstić information content (AvgIpc) is 3.23. The van der Waals surface area contributed by atoms with E-state index < -0.39 is 0 Å². The monoisotopic (exact) mass is 390 g/mol. The summed E-state index contributed by atoms with van der Waals surface area (Å²) in [5.41, 5.74) is 0. The van der Waals surface area contributed by atoms with Gasteiger partial charge in [0.15, 0.2) is 5.96 Å². The van der Waals surface area contributed by atoms with Crippen LogP contribution in [0.5, 0.6) is 0 Å². The number of carbonyl (C=O) groups is 1. The predicted molar refractivity (Wildman–Crippen MR) is 109 cm³/mol. The predicted octanol–water partition coefficient (Wildman–Crippen LogP) is 1.37. The second-order valence-electron chi connectivity index (χ2n) is 8.09. The lowest BCUT2D eigenvalue weighted by atomic mass is 9.93. The Labute approximate surface area is 168 Å². The fourth-order valence-electron chi connectivity index (χ4n) is 3.82. The van der Waals surface area contributed by atoms with Gasteiger partial charge in [0.25, 0.3) is 0 Å². The molecule has 8 heteroatoms. The van der Waals surface area contributed by atoms with Crippen LogP contribution in [0.3, 0.4) is 0 Å². The number of likely N-dealkylation sites (tertiary alicyclic amines) is 1. The third-order valence-corrected chi connectivity index (χ3v) is 5.75. The molecule has 0 bridgehead atoms. The maximum atomic E-state index is 12.1. The molecule has 3 heterocycles. The van der Waals surface area contributed by atoms with E-state index in [4.69, 9.17) is 4.74 Å². The summed E-state index contributed by atoms with van der Waals surface area (Å²) in [5.74, 6) is 1.38. The van der Waals surface area contributed by atoms with E-state index in [2.05, 4.69) is 31.7 Å².